The van der Waals surface area contributed by atoms with Gasteiger partial charge in [-0.05, 0) is 5.75 Å². The molecule has 0 aromatic heterocycles. The molecule has 0 radical (unpaired) electrons. The molecule has 1 nitrogen and oxygen atoms in total. The predicted molar refractivity (Wildman–Crippen MR) is 51.0 cm³/mol. The molecule has 0 amide bonds. The lowest BCUT2D eigenvalue weighted by Crippen LogP contribution is -2.10. The van der Waals surface area contributed by atoms with Crippen molar-refractivity contribution in [3.8, 4) is 0 Å². The van der Waals surface area contributed by atoms with Gasteiger partial charge in [0, 0.05) is 16.8 Å². The predicted octanol–water partition coefficient (Wildman–Crippen LogP) is 0.940. The van der Waals surface area contributed by atoms with Crippen molar-refractivity contribution in [3.63, 3.8) is 0 Å². The average molecular weight is 184 g/mol. The topological polar surface area (TPSA) is 20.2 Å². The number of aliphatic hydroxyl groups excluding tert-OH is 1. The molecule has 0 saturated heterocycles. The van der Waals surface area contributed by atoms with Crippen LogP contribution >= 0.6 is 37.0 Å². The summed E-state index contributed by atoms with van der Waals surface area (Å²) in [5.74, 6) is 2.61. The van der Waals surface area contributed by atoms with Crippen LogP contribution in [0.4, 0.5) is 0 Å². The number of hydrogen-bond acceptors (Lipinski definition) is 4. The first-order valence-corrected chi connectivity index (χ1v) is 5.10. The highest BCUT2D eigenvalue weighted by Gasteiger charge is 2.02. The van der Waals surface area contributed by atoms with Gasteiger partial charge in [-0.15, -0.1) is 0 Å². The van der Waals surface area contributed by atoms with E-state index in [1.807, 2.05) is 0 Å². The first-order chi connectivity index (χ1) is 4.35. The molecule has 0 aromatic rings. The maximum Gasteiger partial charge on any atom is 0.0557 e. The first kappa shape index (κ1) is 10.0. The third-order valence-corrected chi connectivity index (χ3v) is 3.29. The van der Waals surface area contributed by atoms with E-state index in [-0.39, 0.29) is 6.61 Å². The lowest BCUT2D eigenvalue weighted by Gasteiger charge is -2.07. The quantitative estimate of drug-likeness (QED) is 0.553. The number of rotatable bonds is 5. The summed E-state index contributed by atoms with van der Waals surface area (Å²) in [4.78, 5) is 0. The van der Waals surface area contributed by atoms with Gasteiger partial charge >= 0.3 is 0 Å². The Kier molecular flexibility index (Phi) is 7.92. The molecule has 0 aliphatic heterocycles. The summed E-state index contributed by atoms with van der Waals surface area (Å²) in [5, 5.41) is 8.95. The summed E-state index contributed by atoms with van der Waals surface area (Å²) in [6.45, 7) is 0.224. The maximum atomic E-state index is 8.66. The molecule has 0 saturated carbocycles. The highest BCUT2D eigenvalue weighted by atomic mass is 32.2. The van der Waals surface area contributed by atoms with E-state index in [1.54, 1.807) is 11.8 Å². The largest absolute Gasteiger partial charge is 0.395 e. The second-order valence-corrected chi connectivity index (χ2v) is 3.80. The zero-order chi connectivity index (χ0) is 7.11. The fraction of sp³-hybridized carbons (Fsp3) is 1.00. The van der Waals surface area contributed by atoms with E-state index in [0.29, 0.717) is 5.25 Å². The van der Waals surface area contributed by atoms with Gasteiger partial charge in [0.25, 0.3) is 0 Å². The third-order valence-electron chi connectivity index (χ3n) is 0.852. The van der Waals surface area contributed by atoms with Crippen LogP contribution in [-0.4, -0.2) is 34.2 Å². The van der Waals surface area contributed by atoms with Crippen LogP contribution in [0.2, 0.25) is 0 Å². The monoisotopic (exact) mass is 184 g/mol. The number of thiol groups is 2. The number of aliphatic hydroxyl groups is 1. The third kappa shape index (κ3) is 5.45. The second-order valence-electron chi connectivity index (χ2n) is 1.58. The van der Waals surface area contributed by atoms with E-state index in [2.05, 4.69) is 25.3 Å². The van der Waals surface area contributed by atoms with Crippen LogP contribution in [0.5, 0.6) is 0 Å². The molecular weight excluding hydrogens is 172 g/mol. The highest BCUT2D eigenvalue weighted by Crippen LogP contribution is 2.11. The van der Waals surface area contributed by atoms with Gasteiger partial charge < -0.3 is 5.11 Å². The van der Waals surface area contributed by atoms with Crippen LogP contribution in [0.1, 0.15) is 0 Å². The molecule has 0 spiro atoms. The molecule has 1 unspecified atom stereocenters. The van der Waals surface area contributed by atoms with Crippen molar-refractivity contribution in [2.75, 3.05) is 23.9 Å². The van der Waals surface area contributed by atoms with E-state index in [0.717, 1.165) is 17.3 Å². The van der Waals surface area contributed by atoms with Crippen LogP contribution in [0.25, 0.3) is 0 Å². The van der Waals surface area contributed by atoms with Crippen LogP contribution < -0.4 is 0 Å². The van der Waals surface area contributed by atoms with E-state index in [9.17, 15) is 0 Å². The van der Waals surface area contributed by atoms with Gasteiger partial charge in [-0.1, -0.05) is 0 Å². The maximum absolute atomic E-state index is 8.66. The Morgan fingerprint density at radius 3 is 2.44 bits per heavy atom. The molecule has 0 rings (SSSR count). The van der Waals surface area contributed by atoms with Crippen LogP contribution in [0, 0.1) is 0 Å². The molecule has 4 heteroatoms. The minimum absolute atomic E-state index is 0.224. The van der Waals surface area contributed by atoms with E-state index < -0.39 is 0 Å². The summed E-state index contributed by atoms with van der Waals surface area (Å²) >= 11 is 9.83. The Labute approximate surface area is 71.4 Å². The average Bonchev–Trinajstić information content (AvgIpc) is 1.91. The van der Waals surface area contributed by atoms with Crippen molar-refractivity contribution in [2.24, 2.45) is 0 Å². The van der Waals surface area contributed by atoms with Crippen LogP contribution in [0.15, 0.2) is 0 Å². The Hall–Kier alpha value is 1.01. The summed E-state index contributed by atoms with van der Waals surface area (Å²) in [5.41, 5.74) is 0. The first-order valence-electron chi connectivity index (χ1n) is 2.79. The van der Waals surface area contributed by atoms with Crippen LogP contribution in [0.3, 0.4) is 0 Å². The zero-order valence-electron chi connectivity index (χ0n) is 5.16. The smallest absolute Gasteiger partial charge is 0.0557 e. The van der Waals surface area contributed by atoms with Gasteiger partial charge in [-0.3, -0.25) is 0 Å². The zero-order valence-corrected chi connectivity index (χ0v) is 7.76. The highest BCUT2D eigenvalue weighted by molar-refractivity contribution is 8.01. The second kappa shape index (κ2) is 7.12. The van der Waals surface area contributed by atoms with Gasteiger partial charge in [-0.2, -0.15) is 37.0 Å². The fourth-order valence-corrected chi connectivity index (χ4v) is 1.78. The SMILES string of the molecule is OCC(CS)SCCS. The Balaban J connectivity index is 3.09. The van der Waals surface area contributed by atoms with Crippen molar-refractivity contribution in [3.05, 3.63) is 0 Å². The summed E-state index contributed by atoms with van der Waals surface area (Å²) in [6.07, 6.45) is 0. The van der Waals surface area contributed by atoms with Crippen LogP contribution in [-0.2, 0) is 0 Å². The standard InChI is InChI=1S/C5H12OS3/c6-3-5(4-8)9-2-1-7/h5-8H,1-4H2. The number of hydrogen-bond donors (Lipinski definition) is 3. The molecule has 56 valence electrons. The Morgan fingerprint density at radius 1 is 1.44 bits per heavy atom. The molecule has 1 atom stereocenters. The number of thioether (sulfide) groups is 1. The van der Waals surface area contributed by atoms with E-state index >= 15 is 0 Å². The van der Waals surface area contributed by atoms with Crippen molar-refractivity contribution in [1.29, 1.82) is 0 Å². The van der Waals surface area contributed by atoms with E-state index in [4.69, 9.17) is 5.11 Å². The van der Waals surface area contributed by atoms with Gasteiger partial charge in [0.1, 0.15) is 0 Å². The molecule has 0 aromatic carbocycles. The molecule has 0 aliphatic carbocycles. The minimum atomic E-state index is 0.224. The molecule has 0 bridgehead atoms. The molecule has 0 aliphatic rings. The van der Waals surface area contributed by atoms with Crippen molar-refractivity contribution in [2.45, 2.75) is 5.25 Å². The summed E-state index contributed by atoms with van der Waals surface area (Å²) < 4.78 is 0. The van der Waals surface area contributed by atoms with Gasteiger partial charge in [0.05, 0.1) is 6.61 Å². The summed E-state index contributed by atoms with van der Waals surface area (Å²) in [7, 11) is 0. The minimum Gasteiger partial charge on any atom is -0.395 e. The van der Waals surface area contributed by atoms with E-state index in [1.165, 1.54) is 0 Å². The summed E-state index contributed by atoms with van der Waals surface area (Å²) in [6, 6.07) is 0. The Bertz CT molecular complexity index is 56.2. The van der Waals surface area contributed by atoms with Gasteiger partial charge in [0.2, 0.25) is 0 Å². The molecule has 0 heterocycles. The molecule has 0 fully saturated rings. The fourth-order valence-electron chi connectivity index (χ4n) is 0.383. The molecule has 1 N–H and O–H groups in total. The van der Waals surface area contributed by atoms with Crippen molar-refractivity contribution >= 4 is 37.0 Å². The Morgan fingerprint density at radius 2 is 2.11 bits per heavy atom. The molecule has 9 heavy (non-hydrogen) atoms. The lowest BCUT2D eigenvalue weighted by molar-refractivity contribution is 0.301. The van der Waals surface area contributed by atoms with Crippen molar-refractivity contribution in [1.82, 2.24) is 0 Å². The van der Waals surface area contributed by atoms with Gasteiger partial charge in [0.15, 0.2) is 0 Å². The normalized spacial score (nSPS) is 13.7. The lowest BCUT2D eigenvalue weighted by atomic mass is 10.5. The van der Waals surface area contributed by atoms with Crippen molar-refractivity contribution < 1.29 is 5.11 Å². The van der Waals surface area contributed by atoms with Gasteiger partial charge in [-0.25, -0.2) is 0 Å². The molecular formula is C5H12OS3.